The van der Waals surface area contributed by atoms with Gasteiger partial charge in [0.1, 0.15) is 18.3 Å². The SMILES string of the molecule is CO[C@@H]1[C@@H](OC)[C@H](OCc2ccccc2)O[C@H](CN=[N+]=[N-])[C@H]1OC. The lowest BCUT2D eigenvalue weighted by Crippen LogP contribution is -2.60. The highest BCUT2D eigenvalue weighted by Crippen LogP contribution is 2.28. The van der Waals surface area contributed by atoms with Crippen molar-refractivity contribution in [2.75, 3.05) is 27.9 Å². The quantitative estimate of drug-likeness (QED) is 0.412. The fourth-order valence-corrected chi connectivity index (χ4v) is 2.83. The number of nitrogens with zero attached hydrogens (tertiary/aromatic N) is 3. The molecule has 0 saturated carbocycles. The standard InChI is InChI=1S/C16H23N3O5/c1-20-13-12(9-18-19-17)24-16(15(22-3)14(13)21-2)23-10-11-7-5-4-6-8-11/h4-8,12-16H,9-10H2,1-3H3/t12-,13-,14+,15-,16-/m1/s1. The van der Waals surface area contributed by atoms with Gasteiger partial charge in [-0.15, -0.1) is 0 Å². The highest BCUT2D eigenvalue weighted by atomic mass is 16.7. The lowest BCUT2D eigenvalue weighted by Gasteiger charge is -2.44. The van der Waals surface area contributed by atoms with Crippen molar-refractivity contribution in [1.29, 1.82) is 0 Å². The van der Waals surface area contributed by atoms with E-state index in [0.717, 1.165) is 5.56 Å². The van der Waals surface area contributed by atoms with Gasteiger partial charge in [0, 0.05) is 26.2 Å². The zero-order chi connectivity index (χ0) is 17.4. The first-order valence-corrected chi connectivity index (χ1v) is 7.65. The summed E-state index contributed by atoms with van der Waals surface area (Å²) in [6, 6.07) is 9.76. The van der Waals surface area contributed by atoms with Crippen LogP contribution in [0.3, 0.4) is 0 Å². The molecule has 0 unspecified atom stereocenters. The Balaban J connectivity index is 2.12. The van der Waals surface area contributed by atoms with E-state index in [4.69, 9.17) is 29.2 Å². The second-order valence-corrected chi connectivity index (χ2v) is 5.35. The molecule has 8 heteroatoms. The van der Waals surface area contributed by atoms with Crippen LogP contribution >= 0.6 is 0 Å². The van der Waals surface area contributed by atoms with Gasteiger partial charge in [-0.1, -0.05) is 35.4 Å². The van der Waals surface area contributed by atoms with Crippen LogP contribution in [0.25, 0.3) is 10.4 Å². The van der Waals surface area contributed by atoms with Gasteiger partial charge < -0.3 is 23.7 Å². The first kappa shape index (κ1) is 18.7. The number of hydrogen-bond donors (Lipinski definition) is 0. The Bertz CT molecular complexity index is 538. The van der Waals surface area contributed by atoms with Gasteiger partial charge in [0.15, 0.2) is 6.29 Å². The molecule has 0 spiro atoms. The Morgan fingerprint density at radius 1 is 1.04 bits per heavy atom. The Morgan fingerprint density at radius 3 is 2.29 bits per heavy atom. The predicted octanol–water partition coefficient (Wildman–Crippen LogP) is 2.28. The van der Waals surface area contributed by atoms with E-state index in [0.29, 0.717) is 6.61 Å². The molecule has 1 aromatic carbocycles. The second-order valence-electron chi connectivity index (χ2n) is 5.35. The lowest BCUT2D eigenvalue weighted by molar-refractivity contribution is -0.309. The van der Waals surface area contributed by atoms with E-state index in [1.165, 1.54) is 0 Å². The fourth-order valence-electron chi connectivity index (χ4n) is 2.83. The number of ether oxygens (including phenoxy) is 5. The summed E-state index contributed by atoms with van der Waals surface area (Å²) >= 11 is 0. The van der Waals surface area contributed by atoms with Crippen LogP contribution in [-0.2, 0) is 30.3 Å². The monoisotopic (exact) mass is 337 g/mol. The normalized spacial score (nSPS) is 29.9. The van der Waals surface area contributed by atoms with Crippen LogP contribution in [0.2, 0.25) is 0 Å². The molecule has 0 radical (unpaired) electrons. The molecule has 1 fully saturated rings. The number of rotatable bonds is 8. The average Bonchev–Trinajstić information content (AvgIpc) is 2.64. The molecule has 1 aliphatic rings. The highest BCUT2D eigenvalue weighted by molar-refractivity contribution is 5.13. The fraction of sp³-hybridized carbons (Fsp3) is 0.625. The van der Waals surface area contributed by atoms with Crippen molar-refractivity contribution >= 4 is 0 Å². The number of methoxy groups -OCH3 is 3. The summed E-state index contributed by atoms with van der Waals surface area (Å²) in [7, 11) is 4.70. The molecular weight excluding hydrogens is 314 g/mol. The Kier molecular flexibility index (Phi) is 7.45. The van der Waals surface area contributed by atoms with Gasteiger partial charge in [-0.25, -0.2) is 0 Å². The molecule has 1 aliphatic heterocycles. The lowest BCUT2D eigenvalue weighted by atomic mass is 9.98. The first-order chi connectivity index (χ1) is 11.7. The van der Waals surface area contributed by atoms with Gasteiger partial charge in [0.25, 0.3) is 0 Å². The van der Waals surface area contributed by atoms with Crippen molar-refractivity contribution in [2.24, 2.45) is 5.11 Å². The maximum atomic E-state index is 8.57. The minimum absolute atomic E-state index is 0.122. The van der Waals surface area contributed by atoms with Crippen LogP contribution in [0.1, 0.15) is 5.56 Å². The van der Waals surface area contributed by atoms with E-state index < -0.39 is 30.7 Å². The Morgan fingerprint density at radius 2 is 1.71 bits per heavy atom. The van der Waals surface area contributed by atoms with E-state index in [2.05, 4.69) is 10.0 Å². The minimum Gasteiger partial charge on any atom is -0.376 e. The van der Waals surface area contributed by atoms with Crippen LogP contribution in [0, 0.1) is 0 Å². The van der Waals surface area contributed by atoms with Crippen molar-refractivity contribution < 1.29 is 23.7 Å². The van der Waals surface area contributed by atoms with Gasteiger partial charge >= 0.3 is 0 Å². The molecule has 1 saturated heterocycles. The summed E-state index contributed by atoms with van der Waals surface area (Å²) in [6.07, 6.45) is -2.45. The minimum atomic E-state index is -0.662. The topological polar surface area (TPSA) is 94.9 Å². The summed E-state index contributed by atoms with van der Waals surface area (Å²) in [5.74, 6) is 0. The van der Waals surface area contributed by atoms with E-state index in [9.17, 15) is 0 Å². The molecule has 24 heavy (non-hydrogen) atoms. The maximum Gasteiger partial charge on any atom is 0.187 e. The number of azide groups is 1. The van der Waals surface area contributed by atoms with E-state index in [-0.39, 0.29) is 6.54 Å². The van der Waals surface area contributed by atoms with E-state index >= 15 is 0 Å². The third-order valence-electron chi connectivity index (χ3n) is 3.99. The molecule has 8 nitrogen and oxygen atoms in total. The molecule has 0 aliphatic carbocycles. The Hall–Kier alpha value is -1.67. The summed E-state index contributed by atoms with van der Waals surface area (Å²) < 4.78 is 28.4. The average molecular weight is 337 g/mol. The summed E-state index contributed by atoms with van der Waals surface area (Å²) in [5, 5.41) is 3.59. The first-order valence-electron chi connectivity index (χ1n) is 7.65. The largest absolute Gasteiger partial charge is 0.376 e. The van der Waals surface area contributed by atoms with Gasteiger partial charge in [0.2, 0.25) is 0 Å². The molecule has 0 bridgehead atoms. The molecular formula is C16H23N3O5. The van der Waals surface area contributed by atoms with Crippen molar-refractivity contribution in [3.63, 3.8) is 0 Å². The molecule has 0 amide bonds. The molecule has 1 aromatic rings. The van der Waals surface area contributed by atoms with Gasteiger partial charge in [-0.2, -0.15) is 0 Å². The molecule has 0 aromatic heterocycles. The zero-order valence-electron chi connectivity index (χ0n) is 14.1. The van der Waals surface area contributed by atoms with Crippen molar-refractivity contribution in [2.45, 2.75) is 37.3 Å². The van der Waals surface area contributed by atoms with Crippen molar-refractivity contribution in [3.05, 3.63) is 46.3 Å². The molecule has 132 valence electrons. The van der Waals surface area contributed by atoms with Crippen LogP contribution in [0.15, 0.2) is 35.4 Å². The summed E-state index contributed by atoms with van der Waals surface area (Å²) in [4.78, 5) is 2.78. The predicted molar refractivity (Wildman–Crippen MR) is 86.3 cm³/mol. The van der Waals surface area contributed by atoms with Crippen molar-refractivity contribution in [1.82, 2.24) is 0 Å². The maximum absolute atomic E-state index is 8.57. The molecule has 5 atom stereocenters. The van der Waals surface area contributed by atoms with Crippen molar-refractivity contribution in [3.8, 4) is 0 Å². The van der Waals surface area contributed by atoms with Gasteiger partial charge in [-0.05, 0) is 11.1 Å². The highest BCUT2D eigenvalue weighted by Gasteiger charge is 2.47. The number of benzene rings is 1. The van der Waals surface area contributed by atoms with Crippen LogP contribution in [0.4, 0.5) is 0 Å². The number of hydrogen-bond acceptors (Lipinski definition) is 6. The summed E-state index contributed by atoms with van der Waals surface area (Å²) in [6.45, 7) is 0.490. The third-order valence-corrected chi connectivity index (χ3v) is 3.99. The molecule has 1 heterocycles. The molecule has 2 rings (SSSR count). The van der Waals surface area contributed by atoms with E-state index in [1.807, 2.05) is 30.3 Å². The van der Waals surface area contributed by atoms with Gasteiger partial charge in [0.05, 0.1) is 19.3 Å². The third kappa shape index (κ3) is 4.45. The van der Waals surface area contributed by atoms with Crippen LogP contribution < -0.4 is 0 Å². The zero-order valence-corrected chi connectivity index (χ0v) is 14.1. The molecule has 0 N–H and O–H groups in total. The Labute approximate surface area is 141 Å². The smallest absolute Gasteiger partial charge is 0.187 e. The van der Waals surface area contributed by atoms with Crippen LogP contribution in [-0.4, -0.2) is 58.6 Å². The van der Waals surface area contributed by atoms with Gasteiger partial charge in [-0.3, -0.25) is 0 Å². The van der Waals surface area contributed by atoms with Crippen LogP contribution in [0.5, 0.6) is 0 Å². The summed E-state index contributed by atoms with van der Waals surface area (Å²) in [5.41, 5.74) is 9.59. The second kappa shape index (κ2) is 9.58. The van der Waals surface area contributed by atoms with E-state index in [1.54, 1.807) is 21.3 Å².